The van der Waals surface area contributed by atoms with Crippen molar-refractivity contribution in [2.45, 2.75) is 32.6 Å². The van der Waals surface area contributed by atoms with Crippen LogP contribution in [0.5, 0.6) is 0 Å². The van der Waals surface area contributed by atoms with E-state index in [2.05, 4.69) is 15.3 Å². The van der Waals surface area contributed by atoms with Gasteiger partial charge in [-0.3, -0.25) is 9.78 Å². The third-order valence-electron chi connectivity index (χ3n) is 3.80. The summed E-state index contributed by atoms with van der Waals surface area (Å²) in [6, 6.07) is 0. The van der Waals surface area contributed by atoms with Gasteiger partial charge in [0.2, 0.25) is 0 Å². The maximum absolute atomic E-state index is 12.3. The van der Waals surface area contributed by atoms with Gasteiger partial charge in [-0.05, 0) is 38.2 Å². The summed E-state index contributed by atoms with van der Waals surface area (Å²) in [4.78, 5) is 33.8. The molecular formula is C16H17N3O3S. The Hall–Kier alpha value is -2.28. The maximum Gasteiger partial charge on any atom is 0.341 e. The van der Waals surface area contributed by atoms with E-state index in [9.17, 15) is 9.59 Å². The average molecular weight is 331 g/mol. The van der Waals surface area contributed by atoms with Gasteiger partial charge in [0.15, 0.2) is 0 Å². The van der Waals surface area contributed by atoms with Gasteiger partial charge in [-0.25, -0.2) is 9.78 Å². The first-order valence-corrected chi connectivity index (χ1v) is 8.24. The number of carbonyl (C=O) groups excluding carboxylic acids is 2. The SMILES string of the molecule is COC(=O)c1c(NC(=O)c2cnc(C)cn2)sc2c1CCCC2. The molecule has 3 rings (SSSR count). The van der Waals surface area contributed by atoms with Crippen LogP contribution >= 0.6 is 11.3 Å². The Kier molecular flexibility index (Phi) is 4.38. The number of nitrogens with one attached hydrogen (secondary N) is 1. The van der Waals surface area contributed by atoms with Crippen LogP contribution in [0, 0.1) is 6.92 Å². The molecule has 0 unspecified atom stereocenters. The summed E-state index contributed by atoms with van der Waals surface area (Å²) < 4.78 is 4.89. The van der Waals surface area contributed by atoms with Crippen molar-refractivity contribution in [2.24, 2.45) is 0 Å². The van der Waals surface area contributed by atoms with Gasteiger partial charge in [-0.1, -0.05) is 0 Å². The Morgan fingerprint density at radius 1 is 1.22 bits per heavy atom. The zero-order valence-electron chi connectivity index (χ0n) is 13.0. The fourth-order valence-electron chi connectivity index (χ4n) is 2.65. The van der Waals surface area contributed by atoms with Crippen molar-refractivity contribution < 1.29 is 14.3 Å². The molecule has 0 bridgehead atoms. The number of rotatable bonds is 3. The number of hydrogen-bond donors (Lipinski definition) is 1. The third kappa shape index (κ3) is 3.10. The summed E-state index contributed by atoms with van der Waals surface area (Å²) in [5.41, 5.74) is 2.46. The van der Waals surface area contributed by atoms with Gasteiger partial charge in [0.05, 0.1) is 24.6 Å². The molecule has 23 heavy (non-hydrogen) atoms. The molecule has 0 spiro atoms. The number of fused-ring (bicyclic) bond motifs is 1. The van der Waals surface area contributed by atoms with Crippen LogP contribution < -0.4 is 5.32 Å². The highest BCUT2D eigenvalue weighted by Gasteiger charge is 2.27. The number of hydrogen-bond acceptors (Lipinski definition) is 6. The first kappa shape index (κ1) is 15.6. The molecule has 0 saturated heterocycles. The molecule has 7 heteroatoms. The number of aryl methyl sites for hydroxylation is 2. The third-order valence-corrected chi connectivity index (χ3v) is 5.01. The number of carbonyl (C=O) groups is 2. The molecule has 0 saturated carbocycles. The van der Waals surface area contributed by atoms with Crippen molar-refractivity contribution in [1.82, 2.24) is 9.97 Å². The molecule has 120 valence electrons. The molecule has 1 N–H and O–H groups in total. The Labute approximate surface area is 137 Å². The van der Waals surface area contributed by atoms with E-state index in [0.717, 1.165) is 41.8 Å². The van der Waals surface area contributed by atoms with Gasteiger partial charge >= 0.3 is 5.97 Å². The molecule has 1 aliphatic carbocycles. The number of esters is 1. The molecule has 2 aromatic heterocycles. The van der Waals surface area contributed by atoms with E-state index in [1.54, 1.807) is 6.92 Å². The Morgan fingerprint density at radius 2 is 2.00 bits per heavy atom. The molecule has 6 nitrogen and oxygen atoms in total. The lowest BCUT2D eigenvalue weighted by molar-refractivity contribution is 0.0601. The number of thiophene rings is 1. The van der Waals surface area contributed by atoms with E-state index < -0.39 is 5.97 Å². The van der Waals surface area contributed by atoms with Crippen LogP contribution in [0.3, 0.4) is 0 Å². The highest BCUT2D eigenvalue weighted by molar-refractivity contribution is 7.17. The molecule has 2 aromatic rings. The fourth-order valence-corrected chi connectivity index (χ4v) is 3.92. The second-order valence-corrected chi connectivity index (χ2v) is 6.51. The first-order chi connectivity index (χ1) is 11.1. The molecule has 0 atom stereocenters. The van der Waals surface area contributed by atoms with Crippen molar-refractivity contribution in [1.29, 1.82) is 0 Å². The number of amides is 1. The molecular weight excluding hydrogens is 314 g/mol. The predicted octanol–water partition coefficient (Wildman–Crippen LogP) is 2.76. The van der Waals surface area contributed by atoms with Crippen molar-refractivity contribution in [3.63, 3.8) is 0 Å². The Morgan fingerprint density at radius 3 is 2.70 bits per heavy atom. The molecule has 1 amide bonds. The zero-order valence-corrected chi connectivity index (χ0v) is 13.8. The predicted molar refractivity (Wildman–Crippen MR) is 87.0 cm³/mol. The van der Waals surface area contributed by atoms with Crippen molar-refractivity contribution >= 4 is 28.2 Å². The molecule has 0 fully saturated rings. The van der Waals surface area contributed by atoms with E-state index >= 15 is 0 Å². The number of anilines is 1. The van der Waals surface area contributed by atoms with Gasteiger partial charge in [-0.2, -0.15) is 0 Å². The van der Waals surface area contributed by atoms with E-state index in [1.165, 1.54) is 30.8 Å². The minimum Gasteiger partial charge on any atom is -0.465 e. The summed E-state index contributed by atoms with van der Waals surface area (Å²) >= 11 is 1.45. The van der Waals surface area contributed by atoms with E-state index in [-0.39, 0.29) is 11.6 Å². The average Bonchev–Trinajstić information content (AvgIpc) is 2.92. The molecule has 0 aromatic carbocycles. The number of aromatic nitrogens is 2. The van der Waals surface area contributed by atoms with Crippen molar-refractivity contribution in [3.8, 4) is 0 Å². The van der Waals surface area contributed by atoms with Gasteiger partial charge in [-0.15, -0.1) is 11.3 Å². The lowest BCUT2D eigenvalue weighted by Crippen LogP contribution is -2.16. The van der Waals surface area contributed by atoms with Crippen LogP contribution in [-0.4, -0.2) is 29.0 Å². The fraction of sp³-hybridized carbons (Fsp3) is 0.375. The molecule has 0 aliphatic heterocycles. The van der Waals surface area contributed by atoms with Gasteiger partial charge in [0.25, 0.3) is 5.91 Å². The number of ether oxygens (including phenoxy) is 1. The summed E-state index contributed by atoms with van der Waals surface area (Å²) in [5, 5.41) is 3.33. The lowest BCUT2D eigenvalue weighted by atomic mass is 9.95. The van der Waals surface area contributed by atoms with Gasteiger partial charge in [0, 0.05) is 11.1 Å². The van der Waals surface area contributed by atoms with Gasteiger partial charge in [0.1, 0.15) is 10.7 Å². The lowest BCUT2D eigenvalue weighted by Gasteiger charge is -2.11. The molecule has 1 aliphatic rings. The van der Waals surface area contributed by atoms with Crippen molar-refractivity contribution in [2.75, 3.05) is 12.4 Å². The van der Waals surface area contributed by atoms with E-state index in [4.69, 9.17) is 4.74 Å². The second kappa shape index (κ2) is 6.45. The monoisotopic (exact) mass is 331 g/mol. The van der Waals surface area contributed by atoms with Crippen LogP contribution in [0.2, 0.25) is 0 Å². The normalized spacial score (nSPS) is 13.3. The highest BCUT2D eigenvalue weighted by atomic mass is 32.1. The van der Waals surface area contributed by atoms with Crippen LogP contribution in [0.1, 0.15) is 49.8 Å². The smallest absolute Gasteiger partial charge is 0.341 e. The minimum atomic E-state index is -0.408. The topological polar surface area (TPSA) is 81.2 Å². The molecule has 0 radical (unpaired) electrons. The van der Waals surface area contributed by atoms with Crippen LogP contribution in [-0.2, 0) is 17.6 Å². The largest absolute Gasteiger partial charge is 0.465 e. The standard InChI is InChI=1S/C16H17N3O3S/c1-9-7-18-11(8-17-9)14(20)19-15-13(16(21)22-2)10-5-3-4-6-12(10)23-15/h7-8H,3-6H2,1-2H3,(H,19,20). The zero-order chi connectivity index (χ0) is 16.4. The number of nitrogens with zero attached hydrogens (tertiary/aromatic N) is 2. The summed E-state index contributed by atoms with van der Waals surface area (Å²) in [5.74, 6) is -0.782. The van der Waals surface area contributed by atoms with E-state index in [0.29, 0.717) is 10.6 Å². The second-order valence-electron chi connectivity index (χ2n) is 5.40. The summed E-state index contributed by atoms with van der Waals surface area (Å²) in [7, 11) is 1.35. The number of methoxy groups -OCH3 is 1. The van der Waals surface area contributed by atoms with Crippen LogP contribution in [0.15, 0.2) is 12.4 Å². The van der Waals surface area contributed by atoms with E-state index in [1.807, 2.05) is 0 Å². The van der Waals surface area contributed by atoms with Crippen LogP contribution in [0.4, 0.5) is 5.00 Å². The minimum absolute atomic E-state index is 0.220. The summed E-state index contributed by atoms with van der Waals surface area (Å²) in [6.07, 6.45) is 6.89. The van der Waals surface area contributed by atoms with Crippen LogP contribution in [0.25, 0.3) is 0 Å². The first-order valence-electron chi connectivity index (χ1n) is 7.43. The Balaban J connectivity index is 1.93. The quantitative estimate of drug-likeness (QED) is 0.875. The molecule has 2 heterocycles. The van der Waals surface area contributed by atoms with Crippen molar-refractivity contribution in [3.05, 3.63) is 39.8 Å². The highest BCUT2D eigenvalue weighted by Crippen LogP contribution is 2.38. The van der Waals surface area contributed by atoms with Gasteiger partial charge < -0.3 is 10.1 Å². The summed E-state index contributed by atoms with van der Waals surface area (Å²) in [6.45, 7) is 1.80. The maximum atomic E-state index is 12.3. The Bertz CT molecular complexity index is 753.